The summed E-state index contributed by atoms with van der Waals surface area (Å²) in [6.07, 6.45) is 2.31. The van der Waals surface area contributed by atoms with Crippen molar-refractivity contribution in [1.29, 1.82) is 5.26 Å². The van der Waals surface area contributed by atoms with Crippen LogP contribution < -0.4 is 5.32 Å². The van der Waals surface area contributed by atoms with Crippen LogP contribution in [-0.4, -0.2) is 5.54 Å². The van der Waals surface area contributed by atoms with Gasteiger partial charge in [0.2, 0.25) is 0 Å². The van der Waals surface area contributed by atoms with Gasteiger partial charge in [-0.25, -0.2) is 4.39 Å². The van der Waals surface area contributed by atoms with Crippen molar-refractivity contribution in [1.82, 2.24) is 5.32 Å². The van der Waals surface area contributed by atoms with E-state index in [1.54, 1.807) is 0 Å². The molecule has 1 fully saturated rings. The third kappa shape index (κ3) is 2.34. The Hall–Kier alpha value is -1.40. The van der Waals surface area contributed by atoms with E-state index in [9.17, 15) is 4.39 Å². The summed E-state index contributed by atoms with van der Waals surface area (Å²) < 4.78 is 13.0. The Balaban J connectivity index is 2.12. The van der Waals surface area contributed by atoms with Crippen molar-refractivity contribution in [2.24, 2.45) is 0 Å². The molecule has 2 rings (SSSR count). The minimum absolute atomic E-state index is 0.207. The van der Waals surface area contributed by atoms with Crippen LogP contribution in [0.25, 0.3) is 0 Å². The van der Waals surface area contributed by atoms with Crippen LogP contribution in [0.4, 0.5) is 4.39 Å². The lowest BCUT2D eigenvalue weighted by Gasteiger charge is -2.12. The highest BCUT2D eigenvalue weighted by atomic mass is 19.1. The van der Waals surface area contributed by atoms with Crippen LogP contribution in [0.2, 0.25) is 0 Å². The normalized spacial score (nSPS) is 17.1. The van der Waals surface area contributed by atoms with Gasteiger partial charge >= 0.3 is 0 Å². The summed E-state index contributed by atoms with van der Waals surface area (Å²) in [5, 5.41) is 12.2. The van der Waals surface area contributed by atoms with Gasteiger partial charge in [0, 0.05) is 12.1 Å². The molecule has 0 radical (unpaired) electrons. The predicted molar refractivity (Wildman–Crippen MR) is 55.6 cm³/mol. The zero-order valence-electron chi connectivity index (χ0n) is 8.68. The highest BCUT2D eigenvalue weighted by Crippen LogP contribution is 2.34. The third-order valence-corrected chi connectivity index (χ3v) is 2.89. The predicted octanol–water partition coefficient (Wildman–Crippen LogP) is 2.34. The molecule has 0 amide bonds. The van der Waals surface area contributed by atoms with Crippen LogP contribution in [0, 0.1) is 17.1 Å². The van der Waals surface area contributed by atoms with E-state index in [0.29, 0.717) is 12.1 Å². The van der Waals surface area contributed by atoms with E-state index < -0.39 is 0 Å². The first kappa shape index (κ1) is 10.1. The van der Waals surface area contributed by atoms with Gasteiger partial charge in [-0.05, 0) is 43.5 Å². The molecule has 0 atom stereocenters. The maximum absolute atomic E-state index is 13.0. The lowest BCUT2D eigenvalue weighted by Crippen LogP contribution is -2.27. The monoisotopic (exact) mass is 204 g/mol. The third-order valence-electron chi connectivity index (χ3n) is 2.89. The molecular formula is C12H13FN2. The van der Waals surface area contributed by atoms with Gasteiger partial charge in [-0.2, -0.15) is 5.26 Å². The van der Waals surface area contributed by atoms with Crippen molar-refractivity contribution in [2.75, 3.05) is 0 Å². The molecule has 1 aromatic carbocycles. The Morgan fingerprint density at radius 3 is 2.87 bits per heavy atom. The molecule has 0 bridgehead atoms. The first-order valence-electron chi connectivity index (χ1n) is 5.06. The molecular weight excluding hydrogens is 191 g/mol. The van der Waals surface area contributed by atoms with Gasteiger partial charge in [0.15, 0.2) is 0 Å². The number of nitrogens with zero attached hydrogens (tertiary/aromatic N) is 1. The molecule has 2 nitrogen and oxygen atoms in total. The number of rotatable bonds is 3. The number of benzene rings is 1. The number of hydrogen-bond acceptors (Lipinski definition) is 2. The Morgan fingerprint density at radius 2 is 2.27 bits per heavy atom. The van der Waals surface area contributed by atoms with Crippen LogP contribution in [0.15, 0.2) is 18.2 Å². The largest absolute Gasteiger partial charge is 0.307 e. The van der Waals surface area contributed by atoms with E-state index in [1.807, 2.05) is 0 Å². The van der Waals surface area contributed by atoms with Gasteiger partial charge in [-0.3, -0.25) is 0 Å². The van der Waals surface area contributed by atoms with Gasteiger partial charge in [0.25, 0.3) is 0 Å². The second-order valence-corrected chi connectivity index (χ2v) is 4.33. The average Bonchev–Trinajstić information content (AvgIpc) is 2.95. The zero-order chi connectivity index (χ0) is 10.9. The first-order chi connectivity index (χ1) is 7.13. The molecule has 0 heterocycles. The average molecular weight is 204 g/mol. The summed E-state index contributed by atoms with van der Waals surface area (Å²) in [7, 11) is 0. The number of nitriles is 1. The summed E-state index contributed by atoms with van der Waals surface area (Å²) >= 11 is 0. The summed E-state index contributed by atoms with van der Waals surface area (Å²) in [5.74, 6) is -0.285. The van der Waals surface area contributed by atoms with E-state index in [0.717, 1.165) is 18.4 Å². The smallest absolute Gasteiger partial charge is 0.123 e. The van der Waals surface area contributed by atoms with Crippen molar-refractivity contribution >= 4 is 0 Å². The highest BCUT2D eigenvalue weighted by Gasteiger charge is 2.36. The van der Waals surface area contributed by atoms with E-state index in [-0.39, 0.29) is 11.4 Å². The maximum atomic E-state index is 13.0. The minimum atomic E-state index is -0.285. The molecule has 0 saturated heterocycles. The van der Waals surface area contributed by atoms with Gasteiger partial charge in [0.1, 0.15) is 5.82 Å². The Kier molecular flexibility index (Phi) is 2.45. The molecule has 1 aliphatic carbocycles. The van der Waals surface area contributed by atoms with Crippen molar-refractivity contribution in [3.63, 3.8) is 0 Å². The van der Waals surface area contributed by atoms with Crippen LogP contribution >= 0.6 is 0 Å². The molecule has 0 unspecified atom stereocenters. The second kappa shape index (κ2) is 3.63. The van der Waals surface area contributed by atoms with Crippen molar-refractivity contribution in [3.8, 4) is 6.07 Å². The minimum Gasteiger partial charge on any atom is -0.307 e. The van der Waals surface area contributed by atoms with Crippen molar-refractivity contribution in [3.05, 3.63) is 35.1 Å². The van der Waals surface area contributed by atoms with Crippen LogP contribution in [0.5, 0.6) is 0 Å². The van der Waals surface area contributed by atoms with E-state index >= 15 is 0 Å². The van der Waals surface area contributed by atoms with Crippen LogP contribution in [0.1, 0.15) is 30.9 Å². The van der Waals surface area contributed by atoms with E-state index in [4.69, 9.17) is 5.26 Å². The van der Waals surface area contributed by atoms with Gasteiger partial charge in [0.05, 0.1) is 11.6 Å². The first-order valence-corrected chi connectivity index (χ1v) is 5.06. The molecule has 1 saturated carbocycles. The molecule has 0 aliphatic heterocycles. The summed E-state index contributed by atoms with van der Waals surface area (Å²) in [5.41, 5.74) is 1.50. The SMILES string of the molecule is CC1(NCc2cc(F)ccc2C#N)CC1. The summed E-state index contributed by atoms with van der Waals surface area (Å²) in [6.45, 7) is 2.70. The quantitative estimate of drug-likeness (QED) is 0.820. The fraction of sp³-hybridized carbons (Fsp3) is 0.417. The highest BCUT2D eigenvalue weighted by molar-refractivity contribution is 5.37. The molecule has 1 aromatic rings. The van der Waals surface area contributed by atoms with E-state index in [2.05, 4.69) is 18.3 Å². The van der Waals surface area contributed by atoms with Gasteiger partial charge in [-0.15, -0.1) is 0 Å². The number of nitrogens with one attached hydrogen (secondary N) is 1. The fourth-order valence-corrected chi connectivity index (χ4v) is 1.49. The number of hydrogen-bond donors (Lipinski definition) is 1. The van der Waals surface area contributed by atoms with Gasteiger partial charge < -0.3 is 5.32 Å². The summed E-state index contributed by atoms with van der Waals surface area (Å²) in [6, 6.07) is 6.35. The molecule has 0 aromatic heterocycles. The topological polar surface area (TPSA) is 35.8 Å². The fourth-order valence-electron chi connectivity index (χ4n) is 1.49. The second-order valence-electron chi connectivity index (χ2n) is 4.33. The molecule has 1 aliphatic rings. The Bertz CT molecular complexity index is 416. The maximum Gasteiger partial charge on any atom is 0.123 e. The lowest BCUT2D eigenvalue weighted by molar-refractivity contribution is 0.534. The molecule has 15 heavy (non-hydrogen) atoms. The zero-order valence-corrected chi connectivity index (χ0v) is 8.68. The van der Waals surface area contributed by atoms with Gasteiger partial charge in [-0.1, -0.05) is 0 Å². The lowest BCUT2D eigenvalue weighted by atomic mass is 10.1. The molecule has 0 spiro atoms. The van der Waals surface area contributed by atoms with Crippen LogP contribution in [0.3, 0.4) is 0 Å². The summed E-state index contributed by atoms with van der Waals surface area (Å²) in [4.78, 5) is 0. The standard InChI is InChI=1S/C12H13FN2/c1-12(4-5-12)15-8-10-6-11(13)3-2-9(10)7-14/h2-3,6,15H,4-5,8H2,1H3. The number of halogens is 1. The van der Waals surface area contributed by atoms with Crippen molar-refractivity contribution < 1.29 is 4.39 Å². The molecule has 3 heteroatoms. The Labute approximate surface area is 88.7 Å². The van der Waals surface area contributed by atoms with E-state index in [1.165, 1.54) is 18.2 Å². The molecule has 78 valence electrons. The Morgan fingerprint density at radius 1 is 1.53 bits per heavy atom. The molecule has 1 N–H and O–H groups in total. The van der Waals surface area contributed by atoms with Crippen molar-refractivity contribution in [2.45, 2.75) is 31.8 Å². The van der Waals surface area contributed by atoms with Crippen LogP contribution in [-0.2, 0) is 6.54 Å².